The highest BCUT2D eigenvalue weighted by molar-refractivity contribution is 5.82. The van der Waals surface area contributed by atoms with Crippen molar-refractivity contribution in [2.75, 3.05) is 26.7 Å². The van der Waals surface area contributed by atoms with Gasteiger partial charge < -0.3 is 20.1 Å². The first-order chi connectivity index (χ1) is 15.5. The fraction of sp³-hybridized carbons (Fsp3) is 0.400. The fourth-order valence-electron chi connectivity index (χ4n) is 4.50. The summed E-state index contributed by atoms with van der Waals surface area (Å²) in [7, 11) is 1.69. The maximum Gasteiger partial charge on any atom is 0.407 e. The molecule has 2 aromatic rings. The van der Waals surface area contributed by atoms with Crippen LogP contribution in [0.1, 0.15) is 36.3 Å². The van der Waals surface area contributed by atoms with E-state index in [0.717, 1.165) is 6.42 Å². The minimum Gasteiger partial charge on any atom is -0.481 e. The van der Waals surface area contributed by atoms with Crippen LogP contribution in [0.3, 0.4) is 0 Å². The molecule has 0 aromatic heterocycles. The molecule has 2 aliphatic carbocycles. The van der Waals surface area contributed by atoms with Crippen LogP contribution in [-0.4, -0.2) is 54.7 Å². The molecule has 0 bridgehead atoms. The van der Waals surface area contributed by atoms with Gasteiger partial charge in [0.05, 0.1) is 0 Å². The number of aliphatic carboxylic acids is 1. The molecular formula is C25H28N2O5. The molecule has 2 N–H and O–H groups in total. The van der Waals surface area contributed by atoms with Crippen LogP contribution < -0.4 is 5.32 Å². The van der Waals surface area contributed by atoms with Crippen LogP contribution in [0, 0.1) is 11.8 Å². The fourth-order valence-corrected chi connectivity index (χ4v) is 4.50. The number of fused-ring (bicyclic) bond motifs is 3. The Morgan fingerprint density at radius 1 is 1.06 bits per heavy atom. The van der Waals surface area contributed by atoms with Crippen LogP contribution in [0.4, 0.5) is 4.79 Å². The van der Waals surface area contributed by atoms with E-state index in [-0.39, 0.29) is 36.7 Å². The number of alkyl carbamates (subject to hydrolysis) is 1. The lowest BCUT2D eigenvalue weighted by Gasteiger charge is -2.17. The number of amides is 2. The quantitative estimate of drug-likeness (QED) is 0.627. The number of nitrogens with zero attached hydrogens (tertiary/aromatic N) is 1. The highest BCUT2D eigenvalue weighted by atomic mass is 16.5. The predicted molar refractivity (Wildman–Crippen MR) is 119 cm³/mol. The third kappa shape index (κ3) is 4.77. The zero-order chi connectivity index (χ0) is 22.7. The molecule has 1 fully saturated rings. The Kier molecular flexibility index (Phi) is 6.44. The van der Waals surface area contributed by atoms with Gasteiger partial charge in [-0.05, 0) is 41.0 Å². The molecule has 0 unspecified atom stereocenters. The van der Waals surface area contributed by atoms with Crippen LogP contribution in [0.2, 0.25) is 0 Å². The van der Waals surface area contributed by atoms with Crippen molar-refractivity contribution in [2.45, 2.75) is 25.2 Å². The number of carboxylic acid groups (broad SMARTS) is 1. The van der Waals surface area contributed by atoms with Crippen LogP contribution in [0.5, 0.6) is 0 Å². The van der Waals surface area contributed by atoms with Crippen LogP contribution in [-0.2, 0) is 14.3 Å². The van der Waals surface area contributed by atoms with E-state index in [9.17, 15) is 14.4 Å². The molecule has 168 valence electrons. The van der Waals surface area contributed by atoms with E-state index in [1.165, 1.54) is 22.3 Å². The maximum atomic E-state index is 12.4. The van der Waals surface area contributed by atoms with Gasteiger partial charge in [0, 0.05) is 38.4 Å². The van der Waals surface area contributed by atoms with E-state index in [1.54, 1.807) is 11.9 Å². The summed E-state index contributed by atoms with van der Waals surface area (Å²) < 4.78 is 5.54. The van der Waals surface area contributed by atoms with Gasteiger partial charge in [-0.2, -0.15) is 0 Å². The smallest absolute Gasteiger partial charge is 0.407 e. The first-order valence-corrected chi connectivity index (χ1v) is 11.0. The largest absolute Gasteiger partial charge is 0.481 e. The molecule has 2 atom stereocenters. The first kappa shape index (κ1) is 21.9. The number of hydrogen-bond donors (Lipinski definition) is 2. The van der Waals surface area contributed by atoms with Crippen LogP contribution in [0.15, 0.2) is 48.5 Å². The van der Waals surface area contributed by atoms with Gasteiger partial charge in [-0.15, -0.1) is 0 Å². The minimum absolute atomic E-state index is 0.00901. The summed E-state index contributed by atoms with van der Waals surface area (Å²) in [5.41, 5.74) is 4.70. The molecule has 7 heteroatoms. The summed E-state index contributed by atoms with van der Waals surface area (Å²) in [4.78, 5) is 36.9. The molecule has 0 spiro atoms. The van der Waals surface area contributed by atoms with E-state index in [2.05, 4.69) is 29.6 Å². The number of nitrogens with one attached hydrogen (secondary N) is 1. The SMILES string of the molecule is CN(CCCC(=O)O)C(=O)[C@@H]1C[C@@H]1CNC(=O)OCC1c2ccccc2-c2ccccc21. The lowest BCUT2D eigenvalue weighted by atomic mass is 9.98. The zero-order valence-electron chi connectivity index (χ0n) is 18.1. The monoisotopic (exact) mass is 436 g/mol. The summed E-state index contributed by atoms with van der Waals surface area (Å²) in [5, 5.41) is 11.5. The summed E-state index contributed by atoms with van der Waals surface area (Å²) in [6.45, 7) is 1.09. The Morgan fingerprint density at radius 3 is 2.31 bits per heavy atom. The third-order valence-electron chi connectivity index (χ3n) is 6.35. The molecule has 0 heterocycles. The van der Waals surface area contributed by atoms with Crippen LogP contribution in [0.25, 0.3) is 11.1 Å². The third-order valence-corrected chi connectivity index (χ3v) is 6.35. The number of carbonyl (C=O) groups excluding carboxylic acids is 2. The van der Waals surface area contributed by atoms with Gasteiger partial charge in [-0.3, -0.25) is 9.59 Å². The Labute approximate surface area is 187 Å². The van der Waals surface area contributed by atoms with E-state index in [0.29, 0.717) is 19.5 Å². The average Bonchev–Trinajstić information content (AvgIpc) is 3.50. The molecule has 32 heavy (non-hydrogen) atoms. The topological polar surface area (TPSA) is 95.9 Å². The molecule has 4 rings (SSSR count). The molecule has 2 aliphatic rings. The van der Waals surface area contributed by atoms with Crippen molar-refractivity contribution in [2.24, 2.45) is 11.8 Å². The Balaban J connectivity index is 1.22. The van der Waals surface area contributed by atoms with Gasteiger partial charge in [0.25, 0.3) is 0 Å². The van der Waals surface area contributed by atoms with E-state index in [4.69, 9.17) is 9.84 Å². The van der Waals surface area contributed by atoms with Gasteiger partial charge in [-0.25, -0.2) is 4.79 Å². The number of carbonyl (C=O) groups is 3. The molecule has 2 aromatic carbocycles. The second-order valence-corrected chi connectivity index (χ2v) is 8.57. The minimum atomic E-state index is -0.859. The van der Waals surface area contributed by atoms with Crippen molar-refractivity contribution < 1.29 is 24.2 Å². The number of rotatable bonds is 9. The van der Waals surface area contributed by atoms with Crippen molar-refractivity contribution in [1.82, 2.24) is 10.2 Å². The van der Waals surface area contributed by atoms with Gasteiger partial charge in [-0.1, -0.05) is 48.5 Å². The van der Waals surface area contributed by atoms with Gasteiger partial charge in [0.1, 0.15) is 6.61 Å². The number of benzene rings is 2. The highest BCUT2D eigenvalue weighted by Gasteiger charge is 2.44. The van der Waals surface area contributed by atoms with Crippen molar-refractivity contribution in [3.63, 3.8) is 0 Å². The van der Waals surface area contributed by atoms with Crippen molar-refractivity contribution in [1.29, 1.82) is 0 Å². The summed E-state index contributed by atoms with van der Waals surface area (Å²) in [6.07, 6.45) is 0.744. The van der Waals surface area contributed by atoms with Crippen LogP contribution >= 0.6 is 0 Å². The Bertz CT molecular complexity index is 975. The first-order valence-electron chi connectivity index (χ1n) is 11.0. The second kappa shape index (κ2) is 9.42. The summed E-state index contributed by atoms with van der Waals surface area (Å²) >= 11 is 0. The molecule has 0 radical (unpaired) electrons. The van der Waals surface area contributed by atoms with E-state index < -0.39 is 12.1 Å². The predicted octanol–water partition coefficient (Wildman–Crippen LogP) is 3.48. The van der Waals surface area contributed by atoms with E-state index in [1.807, 2.05) is 24.3 Å². The Hall–Kier alpha value is -3.35. The molecular weight excluding hydrogens is 408 g/mol. The zero-order valence-corrected chi connectivity index (χ0v) is 18.1. The van der Waals surface area contributed by atoms with Crippen molar-refractivity contribution in [3.05, 3.63) is 59.7 Å². The lowest BCUT2D eigenvalue weighted by molar-refractivity contribution is -0.138. The molecule has 0 saturated heterocycles. The molecule has 1 saturated carbocycles. The van der Waals surface area contributed by atoms with E-state index >= 15 is 0 Å². The van der Waals surface area contributed by atoms with Gasteiger partial charge >= 0.3 is 12.1 Å². The van der Waals surface area contributed by atoms with Gasteiger partial charge in [0.2, 0.25) is 5.91 Å². The lowest BCUT2D eigenvalue weighted by Crippen LogP contribution is -2.32. The second-order valence-electron chi connectivity index (χ2n) is 8.57. The van der Waals surface area contributed by atoms with Gasteiger partial charge in [0.15, 0.2) is 0 Å². The van der Waals surface area contributed by atoms with Crippen molar-refractivity contribution >= 4 is 18.0 Å². The average molecular weight is 437 g/mol. The normalized spacial score (nSPS) is 18.4. The standard InChI is InChI=1S/C25H28N2O5/c1-27(12-6-11-23(28)29)24(30)21-13-16(21)14-26-25(31)32-15-22-19-9-4-2-7-17(19)18-8-3-5-10-20(18)22/h2-5,7-10,16,21-22H,6,11-15H2,1H3,(H,26,31)(H,28,29)/t16-,21-/m1/s1. The number of ether oxygens (including phenoxy) is 1. The summed E-state index contributed by atoms with van der Waals surface area (Å²) in [6, 6.07) is 16.4. The molecule has 7 nitrogen and oxygen atoms in total. The Morgan fingerprint density at radius 2 is 1.69 bits per heavy atom. The summed E-state index contributed by atoms with van der Waals surface area (Å²) in [5.74, 6) is -0.844. The number of carboxylic acids is 1. The molecule has 2 amide bonds. The maximum absolute atomic E-state index is 12.4. The highest BCUT2D eigenvalue weighted by Crippen LogP contribution is 2.44. The molecule has 0 aliphatic heterocycles. The number of hydrogen-bond acceptors (Lipinski definition) is 4. The van der Waals surface area contributed by atoms with Crippen molar-refractivity contribution in [3.8, 4) is 11.1 Å².